The molecule has 150 valence electrons. The molecule has 0 amide bonds. The normalized spacial score (nSPS) is 18.2. The SMILES string of the molecule is CS(=O)(=O)c1ccc(NCc2ccc(N3CCN(CC4CC4)CC3)cc2)cc1. The molecule has 1 aliphatic carbocycles. The Morgan fingerprint density at radius 2 is 1.57 bits per heavy atom. The molecule has 4 rings (SSSR count). The fraction of sp³-hybridized carbons (Fsp3) is 0.455. The molecule has 2 aromatic rings. The highest BCUT2D eigenvalue weighted by atomic mass is 32.2. The highest BCUT2D eigenvalue weighted by Gasteiger charge is 2.26. The summed E-state index contributed by atoms with van der Waals surface area (Å²) in [5.74, 6) is 0.973. The number of hydrogen-bond acceptors (Lipinski definition) is 5. The zero-order chi connectivity index (χ0) is 19.6. The van der Waals surface area contributed by atoms with Gasteiger partial charge in [-0.2, -0.15) is 0 Å². The summed E-state index contributed by atoms with van der Waals surface area (Å²) in [6, 6.07) is 15.7. The van der Waals surface area contributed by atoms with Gasteiger partial charge in [-0.25, -0.2) is 8.42 Å². The average Bonchev–Trinajstić information content (AvgIpc) is 3.51. The Labute approximate surface area is 168 Å². The topological polar surface area (TPSA) is 52.7 Å². The smallest absolute Gasteiger partial charge is 0.175 e. The van der Waals surface area contributed by atoms with E-state index in [0.717, 1.165) is 24.7 Å². The lowest BCUT2D eigenvalue weighted by Gasteiger charge is -2.36. The summed E-state index contributed by atoms with van der Waals surface area (Å²) < 4.78 is 23.1. The first kappa shape index (κ1) is 19.3. The van der Waals surface area contributed by atoms with Crippen molar-refractivity contribution in [2.24, 2.45) is 5.92 Å². The van der Waals surface area contributed by atoms with E-state index in [-0.39, 0.29) is 0 Å². The van der Waals surface area contributed by atoms with E-state index < -0.39 is 9.84 Å². The van der Waals surface area contributed by atoms with Crippen LogP contribution in [0.15, 0.2) is 53.4 Å². The molecule has 2 aliphatic rings. The van der Waals surface area contributed by atoms with Gasteiger partial charge in [0.15, 0.2) is 9.84 Å². The second kappa shape index (κ2) is 8.13. The lowest BCUT2D eigenvalue weighted by Crippen LogP contribution is -2.47. The highest BCUT2D eigenvalue weighted by molar-refractivity contribution is 7.90. The first-order valence-electron chi connectivity index (χ1n) is 10.1. The van der Waals surface area contributed by atoms with Gasteiger partial charge in [-0.05, 0) is 60.7 Å². The van der Waals surface area contributed by atoms with E-state index in [9.17, 15) is 8.42 Å². The van der Waals surface area contributed by atoms with E-state index in [1.54, 1.807) is 12.1 Å². The molecule has 1 saturated carbocycles. The number of anilines is 2. The van der Waals surface area contributed by atoms with Crippen LogP contribution in [0.2, 0.25) is 0 Å². The van der Waals surface area contributed by atoms with Crippen molar-refractivity contribution in [3.8, 4) is 0 Å². The van der Waals surface area contributed by atoms with Crippen molar-refractivity contribution in [2.75, 3.05) is 49.2 Å². The van der Waals surface area contributed by atoms with E-state index in [1.165, 1.54) is 50.0 Å². The molecule has 1 heterocycles. The fourth-order valence-electron chi connectivity index (χ4n) is 3.70. The largest absolute Gasteiger partial charge is 0.381 e. The molecule has 0 aromatic heterocycles. The van der Waals surface area contributed by atoms with Crippen molar-refractivity contribution < 1.29 is 8.42 Å². The summed E-state index contributed by atoms with van der Waals surface area (Å²) in [4.78, 5) is 5.44. The molecule has 0 radical (unpaired) electrons. The predicted octanol–water partition coefficient (Wildman–Crippen LogP) is 3.23. The summed E-state index contributed by atoms with van der Waals surface area (Å²) in [7, 11) is -3.14. The molecule has 5 nitrogen and oxygen atoms in total. The number of nitrogens with zero attached hydrogens (tertiary/aromatic N) is 2. The number of benzene rings is 2. The Bertz CT molecular complexity index is 882. The maximum Gasteiger partial charge on any atom is 0.175 e. The molecular weight excluding hydrogens is 370 g/mol. The van der Waals surface area contributed by atoms with E-state index in [4.69, 9.17) is 0 Å². The van der Waals surface area contributed by atoms with Crippen molar-refractivity contribution in [3.63, 3.8) is 0 Å². The molecule has 2 aromatic carbocycles. The van der Waals surface area contributed by atoms with Gasteiger partial charge in [-0.1, -0.05) is 12.1 Å². The molecule has 1 aliphatic heterocycles. The minimum absolute atomic E-state index is 0.347. The quantitative estimate of drug-likeness (QED) is 0.775. The van der Waals surface area contributed by atoms with Crippen molar-refractivity contribution in [2.45, 2.75) is 24.3 Å². The van der Waals surface area contributed by atoms with Gasteiger partial charge in [0.1, 0.15) is 0 Å². The van der Waals surface area contributed by atoms with E-state index in [1.807, 2.05) is 12.1 Å². The Kier molecular flexibility index (Phi) is 5.60. The maximum atomic E-state index is 11.5. The van der Waals surface area contributed by atoms with Gasteiger partial charge in [-0.15, -0.1) is 0 Å². The molecule has 1 N–H and O–H groups in total. The Balaban J connectivity index is 1.27. The van der Waals surface area contributed by atoms with Crippen LogP contribution in [0.4, 0.5) is 11.4 Å². The van der Waals surface area contributed by atoms with Crippen LogP contribution < -0.4 is 10.2 Å². The summed E-state index contributed by atoms with van der Waals surface area (Å²) >= 11 is 0. The van der Waals surface area contributed by atoms with Gasteiger partial charge < -0.3 is 10.2 Å². The van der Waals surface area contributed by atoms with E-state index in [2.05, 4.69) is 39.4 Å². The van der Waals surface area contributed by atoms with E-state index >= 15 is 0 Å². The summed E-state index contributed by atoms with van der Waals surface area (Å²) in [5.41, 5.74) is 3.43. The highest BCUT2D eigenvalue weighted by Crippen LogP contribution is 2.30. The molecule has 1 saturated heterocycles. The van der Waals surface area contributed by atoms with Crippen LogP contribution in [-0.2, 0) is 16.4 Å². The third-order valence-electron chi connectivity index (χ3n) is 5.67. The number of sulfone groups is 1. The molecule has 0 atom stereocenters. The molecule has 0 unspecified atom stereocenters. The number of hydrogen-bond donors (Lipinski definition) is 1. The zero-order valence-electron chi connectivity index (χ0n) is 16.5. The lowest BCUT2D eigenvalue weighted by atomic mass is 10.1. The minimum atomic E-state index is -3.14. The minimum Gasteiger partial charge on any atom is -0.381 e. The van der Waals surface area contributed by atoms with Gasteiger partial charge in [-0.3, -0.25) is 4.90 Å². The Hall–Kier alpha value is -2.05. The monoisotopic (exact) mass is 399 g/mol. The first-order valence-corrected chi connectivity index (χ1v) is 12.0. The van der Waals surface area contributed by atoms with Crippen molar-refractivity contribution >= 4 is 21.2 Å². The van der Waals surface area contributed by atoms with E-state index in [0.29, 0.717) is 11.4 Å². The second-order valence-corrected chi connectivity index (χ2v) is 10.1. The maximum absolute atomic E-state index is 11.5. The van der Waals surface area contributed by atoms with Gasteiger partial charge in [0.2, 0.25) is 0 Å². The van der Waals surface area contributed by atoms with Gasteiger partial charge in [0, 0.05) is 56.9 Å². The van der Waals surface area contributed by atoms with Crippen LogP contribution in [0.1, 0.15) is 18.4 Å². The molecule has 28 heavy (non-hydrogen) atoms. The predicted molar refractivity (Wildman–Crippen MR) is 115 cm³/mol. The third kappa shape index (κ3) is 5.06. The lowest BCUT2D eigenvalue weighted by molar-refractivity contribution is 0.248. The Morgan fingerprint density at radius 3 is 2.14 bits per heavy atom. The molecule has 0 bridgehead atoms. The summed E-state index contributed by atoms with van der Waals surface area (Å²) in [6.45, 7) is 6.57. The van der Waals surface area contributed by atoms with Gasteiger partial charge in [0.25, 0.3) is 0 Å². The first-order chi connectivity index (χ1) is 13.5. The van der Waals surface area contributed by atoms with Crippen LogP contribution in [0.5, 0.6) is 0 Å². The van der Waals surface area contributed by atoms with Crippen molar-refractivity contribution in [3.05, 3.63) is 54.1 Å². The Morgan fingerprint density at radius 1 is 0.929 bits per heavy atom. The van der Waals surface area contributed by atoms with Crippen molar-refractivity contribution in [1.29, 1.82) is 0 Å². The van der Waals surface area contributed by atoms with Gasteiger partial charge in [0.05, 0.1) is 4.90 Å². The summed E-state index contributed by atoms with van der Waals surface area (Å²) in [5, 5.41) is 3.35. The molecule has 6 heteroatoms. The number of rotatable bonds is 7. The number of nitrogens with one attached hydrogen (secondary N) is 1. The van der Waals surface area contributed by atoms with Crippen LogP contribution in [0, 0.1) is 5.92 Å². The zero-order valence-corrected chi connectivity index (χ0v) is 17.3. The third-order valence-corrected chi connectivity index (χ3v) is 6.79. The van der Waals surface area contributed by atoms with Crippen LogP contribution in [0.3, 0.4) is 0 Å². The standard InChI is InChI=1S/C22H29N3O2S/c1-28(26,27)22-10-6-20(7-11-22)23-16-18-4-8-21(9-5-18)25-14-12-24(13-15-25)17-19-2-3-19/h4-11,19,23H,2-3,12-17H2,1H3. The van der Waals surface area contributed by atoms with Crippen LogP contribution in [0.25, 0.3) is 0 Å². The van der Waals surface area contributed by atoms with Crippen LogP contribution >= 0.6 is 0 Å². The van der Waals surface area contributed by atoms with Crippen molar-refractivity contribution in [1.82, 2.24) is 4.90 Å². The van der Waals surface area contributed by atoms with Gasteiger partial charge >= 0.3 is 0 Å². The molecular formula is C22H29N3O2S. The van der Waals surface area contributed by atoms with Crippen LogP contribution in [-0.4, -0.2) is 52.3 Å². The molecule has 0 spiro atoms. The second-order valence-electron chi connectivity index (χ2n) is 8.05. The summed E-state index contributed by atoms with van der Waals surface area (Å²) in [6.07, 6.45) is 4.08. The molecule has 2 fully saturated rings. The fourth-order valence-corrected chi connectivity index (χ4v) is 4.33. The average molecular weight is 400 g/mol. The number of piperazine rings is 1.